The summed E-state index contributed by atoms with van der Waals surface area (Å²) < 4.78 is 26.4. The van der Waals surface area contributed by atoms with Gasteiger partial charge in [0.25, 0.3) is 0 Å². The smallest absolute Gasteiger partial charge is 0.244 e. The van der Waals surface area contributed by atoms with Crippen molar-refractivity contribution in [3.8, 4) is 0 Å². The van der Waals surface area contributed by atoms with E-state index in [2.05, 4.69) is 5.32 Å². The van der Waals surface area contributed by atoms with Crippen molar-refractivity contribution in [3.63, 3.8) is 0 Å². The summed E-state index contributed by atoms with van der Waals surface area (Å²) >= 11 is 11.8. The lowest BCUT2D eigenvalue weighted by Gasteiger charge is -2.20. The van der Waals surface area contributed by atoms with Crippen LogP contribution < -0.4 is 5.32 Å². The highest BCUT2D eigenvalue weighted by Crippen LogP contribution is 2.30. The van der Waals surface area contributed by atoms with Crippen LogP contribution in [-0.2, 0) is 10.0 Å². The predicted octanol–water partition coefficient (Wildman–Crippen LogP) is 1.98. The summed E-state index contributed by atoms with van der Waals surface area (Å²) in [6.07, 6.45) is 0.789. The number of hydrogen-bond donors (Lipinski definition) is 1. The Morgan fingerprint density at radius 1 is 1.17 bits per heavy atom. The van der Waals surface area contributed by atoms with Gasteiger partial charge in [-0.1, -0.05) is 29.3 Å². The zero-order chi connectivity index (χ0) is 13.2. The monoisotopic (exact) mass is 308 g/mol. The minimum atomic E-state index is -3.56. The molecule has 100 valence electrons. The second-order valence-corrected chi connectivity index (χ2v) is 6.75. The summed E-state index contributed by atoms with van der Waals surface area (Å²) in [5.41, 5.74) is 0. The first-order chi connectivity index (χ1) is 8.53. The minimum Gasteiger partial charge on any atom is -0.315 e. The van der Waals surface area contributed by atoms with Gasteiger partial charge in [0.2, 0.25) is 10.0 Å². The van der Waals surface area contributed by atoms with Crippen LogP contribution in [0.4, 0.5) is 0 Å². The lowest BCUT2D eigenvalue weighted by atomic mass is 10.4. The topological polar surface area (TPSA) is 49.4 Å². The molecular weight excluding hydrogens is 295 g/mol. The summed E-state index contributed by atoms with van der Waals surface area (Å²) in [4.78, 5) is 0.0820. The molecule has 0 aliphatic carbocycles. The molecule has 0 aromatic heterocycles. The molecule has 0 unspecified atom stereocenters. The van der Waals surface area contributed by atoms with Crippen LogP contribution in [0.3, 0.4) is 0 Å². The lowest BCUT2D eigenvalue weighted by Crippen LogP contribution is -2.34. The number of nitrogens with zero attached hydrogens (tertiary/aromatic N) is 1. The highest BCUT2D eigenvalue weighted by atomic mass is 35.5. The van der Waals surface area contributed by atoms with Gasteiger partial charge in [-0.05, 0) is 25.1 Å². The van der Waals surface area contributed by atoms with Gasteiger partial charge in [-0.25, -0.2) is 8.42 Å². The highest BCUT2D eigenvalue weighted by molar-refractivity contribution is 7.89. The molecule has 2 rings (SSSR count). The number of sulfonamides is 1. The Labute approximate surface area is 117 Å². The van der Waals surface area contributed by atoms with E-state index in [1.54, 1.807) is 12.1 Å². The fourth-order valence-electron chi connectivity index (χ4n) is 1.88. The first kappa shape index (κ1) is 14.1. The summed E-state index contributed by atoms with van der Waals surface area (Å²) in [7, 11) is -3.56. The Kier molecular flexibility index (Phi) is 4.50. The molecule has 1 heterocycles. The van der Waals surface area contributed by atoms with E-state index in [9.17, 15) is 8.42 Å². The van der Waals surface area contributed by atoms with Crippen LogP contribution in [0.2, 0.25) is 10.0 Å². The summed E-state index contributed by atoms with van der Waals surface area (Å²) in [5, 5.41) is 3.51. The lowest BCUT2D eigenvalue weighted by molar-refractivity contribution is 0.432. The first-order valence-electron chi connectivity index (χ1n) is 5.68. The Morgan fingerprint density at radius 2 is 1.94 bits per heavy atom. The van der Waals surface area contributed by atoms with E-state index in [-0.39, 0.29) is 14.9 Å². The second kappa shape index (κ2) is 5.75. The Balaban J connectivity index is 2.38. The number of hydrogen-bond acceptors (Lipinski definition) is 3. The van der Waals surface area contributed by atoms with Crippen molar-refractivity contribution in [1.29, 1.82) is 0 Å². The largest absolute Gasteiger partial charge is 0.315 e. The van der Waals surface area contributed by atoms with E-state index in [0.29, 0.717) is 19.6 Å². The quantitative estimate of drug-likeness (QED) is 0.909. The van der Waals surface area contributed by atoms with Gasteiger partial charge in [-0.3, -0.25) is 0 Å². The zero-order valence-corrected chi connectivity index (χ0v) is 12.0. The van der Waals surface area contributed by atoms with Crippen LogP contribution in [0.15, 0.2) is 23.1 Å². The van der Waals surface area contributed by atoms with Gasteiger partial charge in [-0.15, -0.1) is 0 Å². The Morgan fingerprint density at radius 3 is 2.72 bits per heavy atom. The van der Waals surface area contributed by atoms with Crippen LogP contribution in [0.25, 0.3) is 0 Å². The minimum absolute atomic E-state index is 0.0820. The third-order valence-corrected chi connectivity index (χ3v) is 5.70. The molecule has 0 bridgehead atoms. The molecule has 1 aromatic rings. The molecule has 18 heavy (non-hydrogen) atoms. The number of halogens is 2. The fraction of sp³-hybridized carbons (Fsp3) is 0.455. The van der Waals surface area contributed by atoms with Gasteiger partial charge in [0, 0.05) is 19.6 Å². The van der Waals surface area contributed by atoms with E-state index < -0.39 is 10.0 Å². The Hall–Kier alpha value is -0.330. The molecule has 1 aliphatic heterocycles. The molecule has 1 aliphatic rings. The third kappa shape index (κ3) is 2.81. The van der Waals surface area contributed by atoms with E-state index >= 15 is 0 Å². The number of rotatable bonds is 2. The van der Waals surface area contributed by atoms with E-state index in [4.69, 9.17) is 23.2 Å². The fourth-order valence-corrected chi connectivity index (χ4v) is 4.10. The second-order valence-electron chi connectivity index (χ2n) is 4.06. The molecule has 7 heteroatoms. The van der Waals surface area contributed by atoms with Crippen molar-refractivity contribution in [1.82, 2.24) is 9.62 Å². The molecule has 0 amide bonds. The molecule has 1 fully saturated rings. The van der Waals surface area contributed by atoms with Crippen LogP contribution in [-0.4, -0.2) is 38.9 Å². The van der Waals surface area contributed by atoms with Gasteiger partial charge >= 0.3 is 0 Å². The van der Waals surface area contributed by atoms with Crippen molar-refractivity contribution in [2.45, 2.75) is 11.3 Å². The molecule has 0 atom stereocenters. The van der Waals surface area contributed by atoms with Gasteiger partial charge in [0.15, 0.2) is 0 Å². The summed E-state index contributed by atoms with van der Waals surface area (Å²) in [6.45, 7) is 2.43. The third-order valence-electron chi connectivity index (χ3n) is 2.83. The van der Waals surface area contributed by atoms with Gasteiger partial charge < -0.3 is 5.32 Å². The van der Waals surface area contributed by atoms with Crippen molar-refractivity contribution >= 4 is 33.2 Å². The van der Waals surface area contributed by atoms with Gasteiger partial charge in [0.05, 0.1) is 10.0 Å². The van der Waals surface area contributed by atoms with Crippen molar-refractivity contribution < 1.29 is 8.42 Å². The van der Waals surface area contributed by atoms with Crippen LogP contribution >= 0.6 is 23.2 Å². The zero-order valence-electron chi connectivity index (χ0n) is 9.70. The maximum absolute atomic E-state index is 12.5. The highest BCUT2D eigenvalue weighted by Gasteiger charge is 2.27. The van der Waals surface area contributed by atoms with E-state index in [1.807, 2.05) is 0 Å². The normalized spacial score (nSPS) is 18.6. The maximum atomic E-state index is 12.5. The molecular formula is C11H14Cl2N2O2S. The van der Waals surface area contributed by atoms with E-state index in [0.717, 1.165) is 13.0 Å². The summed E-state index contributed by atoms with van der Waals surface area (Å²) in [6, 6.07) is 4.66. The molecule has 4 nitrogen and oxygen atoms in total. The van der Waals surface area contributed by atoms with Crippen LogP contribution in [0, 0.1) is 0 Å². The molecule has 0 saturated carbocycles. The maximum Gasteiger partial charge on any atom is 0.244 e. The van der Waals surface area contributed by atoms with Crippen LogP contribution in [0.1, 0.15) is 6.42 Å². The molecule has 1 aromatic carbocycles. The standard InChI is InChI=1S/C11H14Cl2N2O2S/c12-9-3-1-4-10(11(9)13)18(16,17)15-7-2-5-14-6-8-15/h1,3-4,14H,2,5-8H2. The number of nitrogens with one attached hydrogen (secondary N) is 1. The number of benzene rings is 1. The predicted molar refractivity (Wildman–Crippen MR) is 72.7 cm³/mol. The van der Waals surface area contributed by atoms with E-state index in [1.165, 1.54) is 10.4 Å². The summed E-state index contributed by atoms with van der Waals surface area (Å²) in [5.74, 6) is 0. The van der Waals surface area contributed by atoms with Crippen LogP contribution in [0.5, 0.6) is 0 Å². The first-order valence-corrected chi connectivity index (χ1v) is 7.88. The van der Waals surface area contributed by atoms with Crippen molar-refractivity contribution in [2.75, 3.05) is 26.2 Å². The van der Waals surface area contributed by atoms with Crippen molar-refractivity contribution in [2.24, 2.45) is 0 Å². The van der Waals surface area contributed by atoms with Crippen molar-refractivity contribution in [3.05, 3.63) is 28.2 Å². The average Bonchev–Trinajstić information content (AvgIpc) is 2.61. The molecule has 1 N–H and O–H groups in total. The molecule has 0 radical (unpaired) electrons. The van der Waals surface area contributed by atoms with Gasteiger partial charge in [-0.2, -0.15) is 4.31 Å². The SMILES string of the molecule is O=S(=O)(c1cccc(Cl)c1Cl)N1CCCNCC1. The molecule has 0 spiro atoms. The average molecular weight is 309 g/mol. The van der Waals surface area contributed by atoms with Gasteiger partial charge in [0.1, 0.15) is 4.90 Å². The Bertz CT molecular complexity index is 526. The molecule has 1 saturated heterocycles.